The van der Waals surface area contributed by atoms with Gasteiger partial charge in [-0.05, 0) is 31.4 Å². The number of phenolic OH excluding ortho intramolecular Hbond substituents is 1. The highest BCUT2D eigenvalue weighted by atomic mass is 35.5. The fourth-order valence-corrected chi connectivity index (χ4v) is 2.94. The number of aromatic hydroxyl groups is 1. The van der Waals surface area contributed by atoms with Crippen molar-refractivity contribution in [1.29, 1.82) is 0 Å². The third kappa shape index (κ3) is 2.64. The van der Waals surface area contributed by atoms with Crippen LogP contribution in [0.5, 0.6) is 5.75 Å². The molecule has 23 heavy (non-hydrogen) atoms. The van der Waals surface area contributed by atoms with Crippen molar-refractivity contribution in [3.63, 3.8) is 0 Å². The zero-order chi connectivity index (χ0) is 15.8. The number of halogens is 1. The van der Waals surface area contributed by atoms with Gasteiger partial charge in [-0.15, -0.1) is 0 Å². The second-order valence-electron chi connectivity index (χ2n) is 5.55. The van der Waals surface area contributed by atoms with Crippen molar-refractivity contribution < 1.29 is 9.84 Å². The Balaban J connectivity index is 1.71. The molecule has 1 N–H and O–H groups in total. The average molecular weight is 331 g/mol. The number of hydrogen-bond donors (Lipinski definition) is 1. The molecule has 2 aromatic heterocycles. The molecule has 118 valence electrons. The lowest BCUT2D eigenvalue weighted by Crippen LogP contribution is -2.18. The molecule has 7 heteroatoms. The molecule has 0 spiro atoms. The van der Waals surface area contributed by atoms with Gasteiger partial charge in [-0.2, -0.15) is 5.10 Å². The molecule has 1 aromatic carbocycles. The van der Waals surface area contributed by atoms with E-state index >= 15 is 0 Å². The Morgan fingerprint density at radius 3 is 3.00 bits per heavy atom. The average Bonchev–Trinajstić information content (AvgIpc) is 3.09. The summed E-state index contributed by atoms with van der Waals surface area (Å²) in [6.07, 6.45) is 8.52. The van der Waals surface area contributed by atoms with Crippen molar-refractivity contribution in [2.75, 3.05) is 6.61 Å². The normalized spacial score (nSPS) is 18.4. The number of hydrogen-bond acceptors (Lipinski definition) is 5. The lowest BCUT2D eigenvalue weighted by molar-refractivity contribution is -0.0394. The minimum absolute atomic E-state index is 0.00285. The van der Waals surface area contributed by atoms with Gasteiger partial charge in [0.15, 0.2) is 0 Å². The van der Waals surface area contributed by atoms with Gasteiger partial charge in [0.05, 0.1) is 23.6 Å². The first-order chi connectivity index (χ1) is 11.2. The molecule has 1 saturated heterocycles. The largest absolute Gasteiger partial charge is 0.506 e. The smallest absolute Gasteiger partial charge is 0.150 e. The highest BCUT2D eigenvalue weighted by molar-refractivity contribution is 6.36. The quantitative estimate of drug-likeness (QED) is 0.777. The summed E-state index contributed by atoms with van der Waals surface area (Å²) >= 11 is 6.12. The molecule has 3 heterocycles. The molecule has 0 radical (unpaired) electrons. The van der Waals surface area contributed by atoms with Gasteiger partial charge >= 0.3 is 0 Å². The third-order valence-electron chi connectivity index (χ3n) is 3.98. The second-order valence-corrected chi connectivity index (χ2v) is 5.93. The number of rotatable bonds is 2. The molecule has 0 bridgehead atoms. The molecule has 0 saturated carbocycles. The van der Waals surface area contributed by atoms with Crippen molar-refractivity contribution in [2.24, 2.45) is 0 Å². The Kier molecular flexibility index (Phi) is 3.63. The first kappa shape index (κ1) is 14.4. The summed E-state index contributed by atoms with van der Waals surface area (Å²) in [5, 5.41) is 14.3. The predicted octanol–water partition coefficient (Wildman–Crippen LogP) is 3.55. The minimum Gasteiger partial charge on any atom is -0.506 e. The molecule has 0 amide bonds. The summed E-state index contributed by atoms with van der Waals surface area (Å²) in [4.78, 5) is 8.87. The lowest BCUT2D eigenvalue weighted by Gasteiger charge is -2.22. The Morgan fingerprint density at radius 1 is 1.26 bits per heavy atom. The first-order valence-corrected chi connectivity index (χ1v) is 7.90. The topological polar surface area (TPSA) is 73.1 Å². The number of fused-ring (bicyclic) bond motifs is 1. The van der Waals surface area contributed by atoms with Gasteiger partial charge in [0.25, 0.3) is 0 Å². The number of phenols is 1. The van der Waals surface area contributed by atoms with E-state index in [0.717, 1.165) is 31.4 Å². The summed E-state index contributed by atoms with van der Waals surface area (Å²) in [5.74, 6) is -0.00285. The van der Waals surface area contributed by atoms with E-state index in [1.165, 1.54) is 6.07 Å². The van der Waals surface area contributed by atoms with Crippen molar-refractivity contribution in [3.8, 4) is 17.0 Å². The van der Waals surface area contributed by atoms with Crippen LogP contribution >= 0.6 is 11.6 Å². The summed E-state index contributed by atoms with van der Waals surface area (Å²) < 4.78 is 7.55. The maximum Gasteiger partial charge on any atom is 0.150 e. The van der Waals surface area contributed by atoms with Crippen LogP contribution in [0.25, 0.3) is 22.3 Å². The maximum absolute atomic E-state index is 9.72. The molecule has 3 aromatic rings. The summed E-state index contributed by atoms with van der Waals surface area (Å²) in [6, 6.07) is 3.20. The van der Waals surface area contributed by atoms with Gasteiger partial charge in [0.1, 0.15) is 22.5 Å². The zero-order valence-corrected chi connectivity index (χ0v) is 13.1. The minimum atomic E-state index is -0.0152. The van der Waals surface area contributed by atoms with E-state index in [0.29, 0.717) is 16.7 Å². The van der Waals surface area contributed by atoms with Crippen LogP contribution < -0.4 is 0 Å². The van der Waals surface area contributed by atoms with E-state index in [-0.39, 0.29) is 17.0 Å². The van der Waals surface area contributed by atoms with Crippen LogP contribution in [-0.2, 0) is 4.74 Å². The summed E-state index contributed by atoms with van der Waals surface area (Å²) in [7, 11) is 0. The summed E-state index contributed by atoms with van der Waals surface area (Å²) in [5.41, 5.74) is 2.62. The van der Waals surface area contributed by atoms with Crippen LogP contribution in [0.4, 0.5) is 0 Å². The highest BCUT2D eigenvalue weighted by Crippen LogP contribution is 2.31. The first-order valence-electron chi connectivity index (χ1n) is 7.53. The number of ether oxygens (including phenoxy) is 1. The second kappa shape index (κ2) is 5.79. The van der Waals surface area contributed by atoms with E-state index in [1.54, 1.807) is 18.5 Å². The zero-order valence-electron chi connectivity index (χ0n) is 12.3. The molecule has 1 aliphatic rings. The molecular weight excluding hydrogens is 316 g/mol. The lowest BCUT2D eigenvalue weighted by atomic mass is 10.2. The van der Waals surface area contributed by atoms with Crippen molar-refractivity contribution in [1.82, 2.24) is 19.7 Å². The van der Waals surface area contributed by atoms with Crippen LogP contribution in [0.1, 0.15) is 25.5 Å². The van der Waals surface area contributed by atoms with E-state index in [1.807, 2.05) is 10.9 Å². The maximum atomic E-state index is 9.72. The molecule has 1 aliphatic heterocycles. The van der Waals surface area contributed by atoms with E-state index in [9.17, 15) is 5.11 Å². The Hall–Kier alpha value is -2.18. The Morgan fingerprint density at radius 2 is 2.17 bits per heavy atom. The molecule has 4 rings (SSSR count). The predicted molar refractivity (Wildman–Crippen MR) is 86.3 cm³/mol. The van der Waals surface area contributed by atoms with E-state index in [2.05, 4.69) is 15.1 Å². The molecule has 1 unspecified atom stereocenters. The van der Waals surface area contributed by atoms with Gasteiger partial charge in [0, 0.05) is 18.4 Å². The Labute approximate surface area is 137 Å². The fourth-order valence-electron chi connectivity index (χ4n) is 2.73. The standard InChI is InChI=1S/C16H15ClN4O2/c17-15-13(22)5-4-11-16(15)20-12(8-18-11)10-7-19-21(9-10)14-3-1-2-6-23-14/h4-5,7-9,14,22H,1-3,6H2. The van der Waals surface area contributed by atoms with Gasteiger partial charge in [-0.1, -0.05) is 11.6 Å². The van der Waals surface area contributed by atoms with E-state index in [4.69, 9.17) is 16.3 Å². The van der Waals surface area contributed by atoms with Gasteiger partial charge < -0.3 is 9.84 Å². The van der Waals surface area contributed by atoms with Gasteiger partial charge in [-0.3, -0.25) is 4.98 Å². The molecule has 6 nitrogen and oxygen atoms in total. The number of aromatic nitrogens is 4. The van der Waals surface area contributed by atoms with Crippen LogP contribution in [0.15, 0.2) is 30.7 Å². The monoisotopic (exact) mass is 330 g/mol. The summed E-state index contributed by atoms with van der Waals surface area (Å²) in [6.45, 7) is 0.768. The Bertz CT molecular complexity index is 858. The van der Waals surface area contributed by atoms with Crippen LogP contribution in [0, 0.1) is 0 Å². The van der Waals surface area contributed by atoms with Crippen molar-refractivity contribution >= 4 is 22.6 Å². The van der Waals surface area contributed by atoms with Crippen molar-refractivity contribution in [3.05, 3.63) is 35.7 Å². The molecular formula is C16H15ClN4O2. The SMILES string of the molecule is Oc1ccc2ncc(-c3cnn(C4CCCCO4)c3)nc2c1Cl. The molecule has 1 atom stereocenters. The molecule has 1 fully saturated rings. The van der Waals surface area contributed by atoms with Gasteiger partial charge in [-0.25, -0.2) is 9.67 Å². The fraction of sp³-hybridized carbons (Fsp3) is 0.312. The van der Waals surface area contributed by atoms with Crippen LogP contribution in [-0.4, -0.2) is 31.5 Å². The van der Waals surface area contributed by atoms with Gasteiger partial charge in [0.2, 0.25) is 0 Å². The van der Waals surface area contributed by atoms with Crippen LogP contribution in [0.2, 0.25) is 5.02 Å². The van der Waals surface area contributed by atoms with Crippen molar-refractivity contribution in [2.45, 2.75) is 25.5 Å². The molecule has 0 aliphatic carbocycles. The highest BCUT2D eigenvalue weighted by Gasteiger charge is 2.17. The number of benzene rings is 1. The van der Waals surface area contributed by atoms with Crippen LogP contribution in [0.3, 0.4) is 0 Å². The van der Waals surface area contributed by atoms with E-state index < -0.39 is 0 Å². The number of nitrogens with zero attached hydrogens (tertiary/aromatic N) is 4. The third-order valence-corrected chi connectivity index (χ3v) is 4.35.